The lowest BCUT2D eigenvalue weighted by Crippen LogP contribution is -2.00. The van der Waals surface area contributed by atoms with E-state index >= 15 is 0 Å². The zero-order valence-corrected chi connectivity index (χ0v) is 9.38. The third-order valence-electron chi connectivity index (χ3n) is 1.76. The molecular weight excluding hydrogens is 242 g/mol. The summed E-state index contributed by atoms with van der Waals surface area (Å²) in [5.41, 5.74) is 0.621. The molecule has 5 nitrogen and oxygen atoms in total. The summed E-state index contributed by atoms with van der Waals surface area (Å²) in [4.78, 5) is 9.96. The van der Waals surface area contributed by atoms with Gasteiger partial charge in [0.25, 0.3) is 5.69 Å². The number of nitro groups is 1. The first kappa shape index (κ1) is 11.9. The molecule has 15 heavy (non-hydrogen) atoms. The molecule has 0 saturated heterocycles. The second-order valence-electron chi connectivity index (χ2n) is 3.07. The van der Waals surface area contributed by atoms with E-state index in [2.05, 4.69) is 0 Å². The predicted octanol–water partition coefficient (Wildman–Crippen LogP) is 1.97. The smallest absolute Gasteiger partial charge is 0.258 e. The summed E-state index contributed by atoms with van der Waals surface area (Å²) in [5.74, 6) is -0.535. The van der Waals surface area contributed by atoms with E-state index in [-0.39, 0.29) is 11.3 Å². The Labute approximate surface area is 91.2 Å². The van der Waals surface area contributed by atoms with Gasteiger partial charge in [0, 0.05) is 22.3 Å². The highest BCUT2D eigenvalue weighted by molar-refractivity contribution is 8.13. The van der Waals surface area contributed by atoms with E-state index in [9.17, 15) is 18.5 Å². The van der Waals surface area contributed by atoms with E-state index in [0.717, 1.165) is 5.56 Å². The van der Waals surface area contributed by atoms with Crippen molar-refractivity contribution >= 4 is 25.4 Å². The number of aryl methyl sites for hydroxylation is 1. The van der Waals surface area contributed by atoms with Crippen molar-refractivity contribution in [1.29, 1.82) is 0 Å². The highest BCUT2D eigenvalue weighted by atomic mass is 35.7. The van der Waals surface area contributed by atoms with Crippen molar-refractivity contribution < 1.29 is 13.3 Å². The van der Waals surface area contributed by atoms with Crippen LogP contribution in [0.5, 0.6) is 0 Å². The summed E-state index contributed by atoms with van der Waals surface area (Å²) >= 11 is 0. The average Bonchev–Trinajstić information content (AvgIpc) is 1.99. The van der Waals surface area contributed by atoms with Gasteiger partial charge in [-0.3, -0.25) is 10.1 Å². The van der Waals surface area contributed by atoms with Gasteiger partial charge in [0.15, 0.2) is 0 Å². The molecule has 1 rings (SSSR count). The van der Waals surface area contributed by atoms with Gasteiger partial charge in [-0.05, 0) is 13.0 Å². The summed E-state index contributed by atoms with van der Waals surface area (Å²) in [5, 5.41) is 10.6. The van der Waals surface area contributed by atoms with Crippen LogP contribution in [0.3, 0.4) is 0 Å². The molecule has 0 atom stereocenters. The molecule has 0 heterocycles. The van der Waals surface area contributed by atoms with Gasteiger partial charge in [-0.15, -0.1) is 0 Å². The van der Waals surface area contributed by atoms with E-state index in [1.807, 2.05) is 0 Å². The van der Waals surface area contributed by atoms with Gasteiger partial charge in [-0.25, -0.2) is 8.42 Å². The van der Waals surface area contributed by atoms with Crippen LogP contribution in [0.4, 0.5) is 5.69 Å². The molecule has 1 aromatic rings. The fraction of sp³-hybridized carbons (Fsp3) is 0.250. The van der Waals surface area contributed by atoms with Crippen molar-refractivity contribution in [2.45, 2.75) is 12.7 Å². The Kier molecular flexibility index (Phi) is 3.31. The van der Waals surface area contributed by atoms with Crippen LogP contribution in [-0.4, -0.2) is 13.3 Å². The molecule has 0 aliphatic rings. The first-order valence-electron chi connectivity index (χ1n) is 3.96. The monoisotopic (exact) mass is 249 g/mol. The predicted molar refractivity (Wildman–Crippen MR) is 56.3 cm³/mol. The fourth-order valence-electron chi connectivity index (χ4n) is 1.19. The number of hydrogen-bond acceptors (Lipinski definition) is 4. The van der Waals surface area contributed by atoms with Gasteiger partial charge in [0.1, 0.15) is 0 Å². The lowest BCUT2D eigenvalue weighted by atomic mass is 10.1. The minimum atomic E-state index is -3.78. The zero-order valence-electron chi connectivity index (χ0n) is 7.81. The molecule has 0 N–H and O–H groups in total. The minimum Gasteiger partial charge on any atom is -0.258 e. The molecule has 0 saturated carbocycles. The zero-order chi connectivity index (χ0) is 11.6. The Balaban J connectivity index is 3.25. The maximum absolute atomic E-state index is 10.8. The van der Waals surface area contributed by atoms with E-state index in [4.69, 9.17) is 10.7 Å². The van der Waals surface area contributed by atoms with Crippen LogP contribution in [0.15, 0.2) is 18.2 Å². The quantitative estimate of drug-likeness (QED) is 0.466. The van der Waals surface area contributed by atoms with Crippen molar-refractivity contribution in [3.63, 3.8) is 0 Å². The summed E-state index contributed by atoms with van der Waals surface area (Å²) in [6.45, 7) is 1.72. The van der Waals surface area contributed by atoms with Gasteiger partial charge in [0.2, 0.25) is 9.05 Å². The summed E-state index contributed by atoms with van der Waals surface area (Å²) in [6, 6.07) is 4.26. The maximum atomic E-state index is 10.8. The number of benzene rings is 1. The molecule has 7 heteroatoms. The maximum Gasteiger partial charge on any atom is 0.273 e. The van der Waals surface area contributed by atoms with E-state index in [1.165, 1.54) is 12.1 Å². The van der Waals surface area contributed by atoms with Gasteiger partial charge in [0.05, 0.1) is 10.7 Å². The summed E-state index contributed by atoms with van der Waals surface area (Å²) in [7, 11) is 1.26. The third kappa shape index (κ3) is 3.49. The Bertz CT molecular complexity index is 497. The van der Waals surface area contributed by atoms with Crippen LogP contribution in [-0.2, 0) is 14.8 Å². The Morgan fingerprint density at radius 2 is 2.07 bits per heavy atom. The van der Waals surface area contributed by atoms with Crippen molar-refractivity contribution in [3.05, 3.63) is 39.4 Å². The van der Waals surface area contributed by atoms with Gasteiger partial charge in [-0.2, -0.15) is 0 Å². The van der Waals surface area contributed by atoms with Crippen molar-refractivity contribution in [2.24, 2.45) is 0 Å². The molecule has 1 aromatic carbocycles. The topological polar surface area (TPSA) is 77.3 Å². The van der Waals surface area contributed by atoms with Gasteiger partial charge >= 0.3 is 0 Å². The highest BCUT2D eigenvalue weighted by Crippen LogP contribution is 2.23. The van der Waals surface area contributed by atoms with Crippen LogP contribution in [0.2, 0.25) is 0 Å². The molecule has 0 unspecified atom stereocenters. The Morgan fingerprint density at radius 1 is 1.47 bits per heavy atom. The lowest BCUT2D eigenvalue weighted by molar-refractivity contribution is -0.385. The second kappa shape index (κ2) is 4.16. The number of nitrogens with zero attached hydrogens (tertiary/aromatic N) is 1. The second-order valence-corrected chi connectivity index (χ2v) is 5.85. The standard InChI is InChI=1S/C8H8ClNO4S/c1-6-2-3-8(10(11)12)7(4-6)5-15(9,13)14/h2-4H,5H2,1H3. The Hall–Kier alpha value is -1.14. The van der Waals surface area contributed by atoms with E-state index in [1.54, 1.807) is 13.0 Å². The molecule has 0 spiro atoms. The van der Waals surface area contributed by atoms with Crippen molar-refractivity contribution in [3.8, 4) is 0 Å². The fourth-order valence-corrected chi connectivity index (χ4v) is 2.15. The molecule has 0 radical (unpaired) electrons. The number of hydrogen-bond donors (Lipinski definition) is 0. The first-order chi connectivity index (χ1) is 6.79. The van der Waals surface area contributed by atoms with E-state index < -0.39 is 19.7 Å². The number of nitro benzene ring substituents is 1. The molecule has 82 valence electrons. The van der Waals surface area contributed by atoms with Crippen LogP contribution in [0.1, 0.15) is 11.1 Å². The minimum absolute atomic E-state index is 0.106. The Morgan fingerprint density at radius 3 is 2.53 bits per heavy atom. The molecule has 0 amide bonds. The van der Waals surface area contributed by atoms with Gasteiger partial charge < -0.3 is 0 Å². The molecule has 0 bridgehead atoms. The van der Waals surface area contributed by atoms with Crippen LogP contribution >= 0.6 is 10.7 Å². The van der Waals surface area contributed by atoms with Gasteiger partial charge in [-0.1, -0.05) is 11.6 Å². The summed E-state index contributed by atoms with van der Waals surface area (Å²) < 4.78 is 21.7. The van der Waals surface area contributed by atoms with Crippen LogP contribution in [0, 0.1) is 17.0 Å². The summed E-state index contributed by atoms with van der Waals surface area (Å²) in [6.07, 6.45) is 0. The lowest BCUT2D eigenvalue weighted by Gasteiger charge is -2.01. The normalized spacial score (nSPS) is 11.3. The molecule has 0 fully saturated rings. The molecule has 0 aliphatic heterocycles. The third-order valence-corrected chi connectivity index (χ3v) is 2.74. The SMILES string of the molecule is Cc1ccc([N+](=O)[O-])c(CS(=O)(=O)Cl)c1. The average molecular weight is 250 g/mol. The van der Waals surface area contributed by atoms with Crippen LogP contribution < -0.4 is 0 Å². The van der Waals surface area contributed by atoms with Crippen LogP contribution in [0.25, 0.3) is 0 Å². The highest BCUT2D eigenvalue weighted by Gasteiger charge is 2.18. The van der Waals surface area contributed by atoms with Crippen molar-refractivity contribution in [1.82, 2.24) is 0 Å². The molecular formula is C8H8ClNO4S. The molecule has 0 aliphatic carbocycles. The first-order valence-corrected chi connectivity index (χ1v) is 6.44. The largest absolute Gasteiger partial charge is 0.273 e. The number of halogens is 1. The van der Waals surface area contributed by atoms with Crippen molar-refractivity contribution in [2.75, 3.05) is 0 Å². The molecule has 0 aromatic heterocycles. The number of rotatable bonds is 3. The van der Waals surface area contributed by atoms with E-state index in [0.29, 0.717) is 0 Å².